The van der Waals surface area contributed by atoms with E-state index in [0.29, 0.717) is 30.2 Å². The molecule has 0 aliphatic carbocycles. The van der Waals surface area contributed by atoms with Crippen LogP contribution in [0.5, 0.6) is 17.2 Å². The second-order valence-electron chi connectivity index (χ2n) is 11.2. The van der Waals surface area contributed by atoms with Crippen molar-refractivity contribution < 1.29 is 52.3 Å². The zero-order chi connectivity index (χ0) is 32.7. The van der Waals surface area contributed by atoms with Gasteiger partial charge in [-0.1, -0.05) is 52.0 Å². The van der Waals surface area contributed by atoms with Crippen LogP contribution in [0.2, 0.25) is 0 Å². The Morgan fingerprint density at radius 1 is 0.750 bits per heavy atom. The van der Waals surface area contributed by atoms with Crippen LogP contribution in [0.4, 0.5) is 14.4 Å². The topological polar surface area (TPSA) is 159 Å². The third-order valence-corrected chi connectivity index (χ3v) is 6.23. The Morgan fingerprint density at radius 3 is 1.86 bits per heavy atom. The number of hydrogen-bond donors (Lipinski definition) is 1. The number of carbonyl (C=O) groups excluding carboxylic acids is 4. The number of esters is 1. The van der Waals surface area contributed by atoms with Gasteiger partial charge < -0.3 is 38.9 Å². The Balaban J connectivity index is 2.22. The molecule has 0 aromatic heterocycles. The minimum Gasteiger partial charge on any atom is -0.468 e. The summed E-state index contributed by atoms with van der Waals surface area (Å²) in [5.41, 5.74) is 5.26. The van der Waals surface area contributed by atoms with Crippen molar-refractivity contribution in [2.24, 2.45) is 17.6 Å². The highest BCUT2D eigenvalue weighted by molar-refractivity contribution is 5.81. The number of rotatable bonds is 15. The minimum absolute atomic E-state index is 0.106. The molecule has 2 rings (SSSR count). The highest BCUT2D eigenvalue weighted by Crippen LogP contribution is 2.32. The Bertz CT molecular complexity index is 1230. The molecule has 2 aromatic rings. The Morgan fingerprint density at radius 2 is 1.32 bits per heavy atom. The van der Waals surface area contributed by atoms with Crippen LogP contribution in [-0.4, -0.2) is 56.4 Å². The van der Waals surface area contributed by atoms with E-state index in [1.165, 1.54) is 25.3 Å². The van der Waals surface area contributed by atoms with Gasteiger partial charge in [0.25, 0.3) is 0 Å². The summed E-state index contributed by atoms with van der Waals surface area (Å²) in [6.07, 6.45) is -2.82. The zero-order valence-corrected chi connectivity index (χ0v) is 26.2. The van der Waals surface area contributed by atoms with E-state index in [2.05, 4.69) is 0 Å². The lowest BCUT2D eigenvalue weighted by Gasteiger charge is -2.29. The summed E-state index contributed by atoms with van der Waals surface area (Å²) in [5.74, 6) is -0.123. The largest absolute Gasteiger partial charge is 0.514 e. The second kappa shape index (κ2) is 17.7. The molecule has 44 heavy (non-hydrogen) atoms. The summed E-state index contributed by atoms with van der Waals surface area (Å²) in [5, 5.41) is 0. The third-order valence-electron chi connectivity index (χ3n) is 6.23. The molecule has 0 aliphatic rings. The van der Waals surface area contributed by atoms with Gasteiger partial charge in [0.2, 0.25) is 0 Å². The van der Waals surface area contributed by atoms with Gasteiger partial charge in [0.1, 0.15) is 17.4 Å². The molecule has 12 nitrogen and oxygen atoms in total. The first-order chi connectivity index (χ1) is 20.8. The van der Waals surface area contributed by atoms with Crippen molar-refractivity contribution in [3.63, 3.8) is 0 Å². The average molecular weight is 618 g/mol. The van der Waals surface area contributed by atoms with E-state index < -0.39 is 36.1 Å². The number of ether oxygens (including phenoxy) is 7. The maximum Gasteiger partial charge on any atom is 0.514 e. The molecule has 0 saturated carbocycles. The molecule has 0 amide bonds. The molecule has 0 radical (unpaired) electrons. The van der Waals surface area contributed by atoms with Crippen LogP contribution in [0.25, 0.3) is 0 Å². The molecule has 2 aromatic carbocycles. The molecular weight excluding hydrogens is 574 g/mol. The monoisotopic (exact) mass is 617 g/mol. The molecule has 0 bridgehead atoms. The van der Waals surface area contributed by atoms with Crippen LogP contribution in [0.1, 0.15) is 59.4 Å². The molecule has 1 unspecified atom stereocenters. The van der Waals surface area contributed by atoms with E-state index in [1.807, 2.05) is 27.7 Å². The van der Waals surface area contributed by atoms with Crippen molar-refractivity contribution in [3.8, 4) is 17.2 Å². The Hall–Kier alpha value is -4.32. The van der Waals surface area contributed by atoms with Crippen molar-refractivity contribution in [2.75, 3.05) is 20.3 Å². The molecule has 0 spiro atoms. The smallest absolute Gasteiger partial charge is 0.468 e. The van der Waals surface area contributed by atoms with Crippen LogP contribution in [0.15, 0.2) is 48.5 Å². The molecule has 0 saturated heterocycles. The maximum atomic E-state index is 12.8. The summed E-state index contributed by atoms with van der Waals surface area (Å²) in [6.45, 7) is 9.76. The summed E-state index contributed by atoms with van der Waals surface area (Å²) in [6, 6.07) is 12.6. The fraction of sp³-hybridized carbons (Fsp3) is 0.500. The summed E-state index contributed by atoms with van der Waals surface area (Å²) in [4.78, 5) is 49.8. The van der Waals surface area contributed by atoms with Gasteiger partial charge in [-0.15, -0.1) is 0 Å². The molecule has 2 N–H and O–H groups in total. The highest BCUT2D eigenvalue weighted by Gasteiger charge is 2.38. The van der Waals surface area contributed by atoms with Crippen LogP contribution in [-0.2, 0) is 30.2 Å². The predicted octanol–water partition coefficient (Wildman–Crippen LogP) is 6.22. The third kappa shape index (κ3) is 12.9. The van der Waals surface area contributed by atoms with E-state index in [0.717, 1.165) is 0 Å². The zero-order valence-electron chi connectivity index (χ0n) is 26.2. The summed E-state index contributed by atoms with van der Waals surface area (Å²) < 4.78 is 36.3. The molecule has 0 aliphatic heterocycles. The van der Waals surface area contributed by atoms with Crippen molar-refractivity contribution >= 4 is 24.4 Å². The number of nitrogens with two attached hydrogens (primary N) is 1. The van der Waals surface area contributed by atoms with Gasteiger partial charge in [0.05, 0.1) is 20.3 Å². The first-order valence-corrected chi connectivity index (χ1v) is 14.4. The second-order valence-corrected chi connectivity index (χ2v) is 11.2. The van der Waals surface area contributed by atoms with Gasteiger partial charge in [-0.2, -0.15) is 0 Å². The average Bonchev–Trinajstić information content (AvgIpc) is 2.93. The molecule has 12 heteroatoms. The van der Waals surface area contributed by atoms with E-state index in [4.69, 9.17) is 38.9 Å². The molecule has 0 heterocycles. The minimum atomic E-state index is -1.67. The van der Waals surface area contributed by atoms with Crippen molar-refractivity contribution in [2.45, 2.75) is 71.9 Å². The normalized spacial score (nSPS) is 12.9. The highest BCUT2D eigenvalue weighted by atomic mass is 16.7. The van der Waals surface area contributed by atoms with E-state index in [9.17, 15) is 19.2 Å². The number of hydrogen-bond acceptors (Lipinski definition) is 12. The SMILES string of the molecule is COC(=O)[C@](N)(Cc1ccc(OC(=O)OCCC(C)C)c(OC(=O)OCCC(C)C)c1)CC(C)OC(=O)Oc1ccccc1. The fourth-order valence-corrected chi connectivity index (χ4v) is 3.94. The lowest BCUT2D eigenvalue weighted by atomic mass is 9.86. The predicted molar refractivity (Wildman–Crippen MR) is 160 cm³/mol. The summed E-state index contributed by atoms with van der Waals surface area (Å²) in [7, 11) is 1.18. The number of para-hydroxylation sites is 1. The van der Waals surface area contributed by atoms with E-state index >= 15 is 0 Å². The van der Waals surface area contributed by atoms with Crippen LogP contribution >= 0.6 is 0 Å². The summed E-state index contributed by atoms with van der Waals surface area (Å²) >= 11 is 0. The fourth-order valence-electron chi connectivity index (χ4n) is 3.94. The standard InChI is InChI=1S/C32H43NO11/c1-21(2)14-16-39-29(35)43-26-13-12-24(18-27(26)44-30(36)40-17-15-22(3)4)20-32(33,28(34)38-6)19-23(5)41-31(37)42-25-10-8-7-9-11-25/h7-13,18,21-23H,14-17,19-20,33H2,1-6H3/t23?,32-/m1/s1. The number of carbonyl (C=O) groups is 4. The van der Waals surface area contributed by atoms with Crippen molar-refractivity contribution in [1.29, 1.82) is 0 Å². The molecular formula is C32H43NO11. The van der Waals surface area contributed by atoms with Crippen LogP contribution < -0.4 is 19.9 Å². The first kappa shape index (κ1) is 35.9. The quantitative estimate of drug-likeness (QED) is 0.137. The van der Waals surface area contributed by atoms with E-state index in [-0.39, 0.29) is 43.3 Å². The number of methoxy groups -OCH3 is 1. The van der Waals surface area contributed by atoms with Gasteiger partial charge in [-0.3, -0.25) is 4.79 Å². The van der Waals surface area contributed by atoms with Crippen LogP contribution in [0.3, 0.4) is 0 Å². The van der Waals surface area contributed by atoms with Gasteiger partial charge in [-0.25, -0.2) is 14.4 Å². The van der Waals surface area contributed by atoms with Crippen LogP contribution in [0, 0.1) is 11.8 Å². The van der Waals surface area contributed by atoms with Gasteiger partial charge in [0, 0.05) is 12.8 Å². The lowest BCUT2D eigenvalue weighted by Crippen LogP contribution is -2.53. The number of benzene rings is 2. The first-order valence-electron chi connectivity index (χ1n) is 14.4. The van der Waals surface area contributed by atoms with Gasteiger partial charge in [0.15, 0.2) is 11.5 Å². The van der Waals surface area contributed by atoms with E-state index in [1.54, 1.807) is 37.3 Å². The molecule has 2 atom stereocenters. The Kier molecular flexibility index (Phi) is 14.4. The molecule has 0 fully saturated rings. The maximum absolute atomic E-state index is 12.8. The van der Waals surface area contributed by atoms with Gasteiger partial charge in [-0.05, 0) is 61.4 Å². The van der Waals surface area contributed by atoms with Gasteiger partial charge >= 0.3 is 24.4 Å². The lowest BCUT2D eigenvalue weighted by molar-refractivity contribution is -0.148. The Labute approximate surface area is 258 Å². The molecule has 242 valence electrons. The van der Waals surface area contributed by atoms with Crippen molar-refractivity contribution in [1.82, 2.24) is 0 Å². The van der Waals surface area contributed by atoms with Crippen molar-refractivity contribution in [3.05, 3.63) is 54.1 Å².